The van der Waals surface area contributed by atoms with E-state index in [1.54, 1.807) is 6.07 Å². The zero-order valence-electron chi connectivity index (χ0n) is 13.2. The summed E-state index contributed by atoms with van der Waals surface area (Å²) in [6.45, 7) is 1.96. The minimum atomic E-state index is -4.46. The van der Waals surface area contributed by atoms with Gasteiger partial charge in [0.2, 0.25) is 0 Å². The molecule has 4 rings (SSSR count). The third-order valence-electron chi connectivity index (χ3n) is 3.60. The Kier molecular flexibility index (Phi) is 4.03. The second kappa shape index (κ2) is 6.13. The Labute approximate surface area is 154 Å². The van der Waals surface area contributed by atoms with Crippen molar-refractivity contribution < 1.29 is 13.2 Å². The average Bonchev–Trinajstić information content (AvgIpc) is 3.15. The second-order valence-electron chi connectivity index (χ2n) is 5.27. The summed E-state index contributed by atoms with van der Waals surface area (Å²) in [5.41, 5.74) is 0.476. The van der Waals surface area contributed by atoms with Gasteiger partial charge in [-0.25, -0.2) is 19.0 Å². The molecule has 0 amide bonds. The number of hydrogen-bond acceptors (Lipinski definition) is 5. The lowest BCUT2D eigenvalue weighted by molar-refractivity contribution is -0.137. The van der Waals surface area contributed by atoms with Crippen LogP contribution in [0, 0.1) is 0 Å². The van der Waals surface area contributed by atoms with E-state index in [0.717, 1.165) is 22.5 Å². The van der Waals surface area contributed by atoms with Crippen LogP contribution in [0.2, 0.25) is 5.15 Å². The molecule has 0 saturated heterocycles. The molecule has 0 radical (unpaired) electrons. The van der Waals surface area contributed by atoms with Gasteiger partial charge in [-0.3, -0.25) is 0 Å². The van der Waals surface area contributed by atoms with Crippen LogP contribution in [0.3, 0.4) is 0 Å². The molecule has 0 aromatic carbocycles. The van der Waals surface area contributed by atoms with Crippen molar-refractivity contribution in [3.8, 4) is 11.4 Å². The Bertz CT molecular complexity index is 1120. The highest BCUT2D eigenvalue weighted by atomic mass is 35.5. The van der Waals surface area contributed by atoms with Gasteiger partial charge in [0.15, 0.2) is 17.1 Å². The molecule has 4 aromatic heterocycles. The molecule has 134 valence electrons. The van der Waals surface area contributed by atoms with Crippen LogP contribution in [0.5, 0.6) is 0 Å². The average molecular weight is 399 g/mol. The lowest BCUT2D eigenvalue weighted by Crippen LogP contribution is -2.06. The summed E-state index contributed by atoms with van der Waals surface area (Å²) in [6, 6.07) is 3.84. The van der Waals surface area contributed by atoms with E-state index in [2.05, 4.69) is 20.2 Å². The highest BCUT2D eigenvalue weighted by molar-refractivity contribution is 7.99. The molecular weight excluding hydrogens is 389 g/mol. The zero-order chi connectivity index (χ0) is 18.5. The minimum absolute atomic E-state index is 0.241. The molecule has 26 heavy (non-hydrogen) atoms. The van der Waals surface area contributed by atoms with Crippen molar-refractivity contribution in [3.63, 3.8) is 0 Å². The molecule has 4 aromatic rings. The number of halogens is 4. The quantitative estimate of drug-likeness (QED) is 0.382. The van der Waals surface area contributed by atoms with Gasteiger partial charge in [0.1, 0.15) is 10.2 Å². The Morgan fingerprint density at radius 3 is 2.73 bits per heavy atom. The normalized spacial score (nSPS) is 12.3. The Morgan fingerprint density at radius 2 is 2.00 bits per heavy atom. The van der Waals surface area contributed by atoms with E-state index >= 15 is 0 Å². The largest absolute Gasteiger partial charge is 0.417 e. The highest BCUT2D eigenvalue weighted by Crippen LogP contribution is 2.34. The molecule has 6 nitrogen and oxygen atoms in total. The van der Waals surface area contributed by atoms with Crippen molar-refractivity contribution in [1.82, 2.24) is 29.2 Å². The lowest BCUT2D eigenvalue weighted by Gasteiger charge is -2.05. The Balaban J connectivity index is 1.94. The predicted octanol–water partition coefficient (Wildman–Crippen LogP) is 4.22. The standard InChI is InChI=1S/C15H10ClF3N6S/c1-2-26-14-11(13-20-6-5-9(16)25(13)23-14)12-21-10-4-3-8(15(17,18)19)7-24(10)22-12/h3-7H,2H2,1H3. The number of pyridine rings is 1. The highest BCUT2D eigenvalue weighted by Gasteiger charge is 2.31. The van der Waals surface area contributed by atoms with Crippen LogP contribution >= 0.6 is 23.4 Å². The van der Waals surface area contributed by atoms with Crippen LogP contribution in [-0.4, -0.2) is 34.9 Å². The number of thioether (sulfide) groups is 1. The van der Waals surface area contributed by atoms with E-state index in [1.165, 1.54) is 28.5 Å². The smallest absolute Gasteiger partial charge is 0.236 e. The maximum absolute atomic E-state index is 12.9. The summed E-state index contributed by atoms with van der Waals surface area (Å²) in [6.07, 6.45) is -2.02. The van der Waals surface area contributed by atoms with E-state index in [1.807, 2.05) is 6.92 Å². The summed E-state index contributed by atoms with van der Waals surface area (Å²) >= 11 is 7.61. The summed E-state index contributed by atoms with van der Waals surface area (Å²) in [5.74, 6) is 0.977. The van der Waals surface area contributed by atoms with Gasteiger partial charge >= 0.3 is 6.18 Å². The predicted molar refractivity (Wildman–Crippen MR) is 91.4 cm³/mol. The van der Waals surface area contributed by atoms with Crippen LogP contribution in [0.1, 0.15) is 12.5 Å². The van der Waals surface area contributed by atoms with Crippen LogP contribution < -0.4 is 0 Å². The number of nitrogens with zero attached hydrogens (tertiary/aromatic N) is 6. The molecular formula is C15H10ClF3N6S. The molecule has 0 bridgehead atoms. The van der Waals surface area contributed by atoms with E-state index in [9.17, 15) is 13.2 Å². The van der Waals surface area contributed by atoms with Gasteiger partial charge in [-0.05, 0) is 24.0 Å². The first-order chi connectivity index (χ1) is 12.4. The number of alkyl halides is 3. The topological polar surface area (TPSA) is 60.4 Å². The monoisotopic (exact) mass is 398 g/mol. The number of hydrogen-bond donors (Lipinski definition) is 0. The molecule has 0 N–H and O–H groups in total. The summed E-state index contributed by atoms with van der Waals surface area (Å²) < 4.78 is 41.3. The van der Waals surface area contributed by atoms with Gasteiger partial charge < -0.3 is 0 Å². The van der Waals surface area contributed by atoms with Gasteiger partial charge in [0, 0.05) is 12.4 Å². The third-order valence-corrected chi connectivity index (χ3v) is 4.74. The van der Waals surface area contributed by atoms with E-state index in [-0.39, 0.29) is 5.82 Å². The van der Waals surface area contributed by atoms with Crippen LogP contribution in [0.25, 0.3) is 22.7 Å². The fourth-order valence-corrected chi connectivity index (χ4v) is 3.40. The molecule has 4 heterocycles. The molecule has 0 atom stereocenters. The van der Waals surface area contributed by atoms with Crippen molar-refractivity contribution >= 4 is 34.7 Å². The van der Waals surface area contributed by atoms with Gasteiger partial charge in [0.05, 0.1) is 11.1 Å². The lowest BCUT2D eigenvalue weighted by atomic mass is 10.3. The van der Waals surface area contributed by atoms with E-state index in [4.69, 9.17) is 11.6 Å². The number of aromatic nitrogens is 6. The SMILES string of the molecule is CCSc1nn2c(Cl)ccnc2c1-c1nc2ccc(C(F)(F)F)cn2n1. The van der Waals surface area contributed by atoms with Crippen molar-refractivity contribution in [2.75, 3.05) is 5.75 Å². The Hall–Kier alpha value is -2.33. The first-order valence-electron chi connectivity index (χ1n) is 7.48. The minimum Gasteiger partial charge on any atom is -0.236 e. The van der Waals surface area contributed by atoms with Crippen molar-refractivity contribution in [2.24, 2.45) is 0 Å². The first kappa shape index (κ1) is 17.1. The number of fused-ring (bicyclic) bond motifs is 2. The molecule has 0 saturated carbocycles. The summed E-state index contributed by atoms with van der Waals surface area (Å²) in [7, 11) is 0. The van der Waals surface area contributed by atoms with E-state index < -0.39 is 11.7 Å². The molecule has 0 unspecified atom stereocenters. The summed E-state index contributed by atoms with van der Waals surface area (Å²) in [4.78, 5) is 8.62. The van der Waals surface area contributed by atoms with Crippen LogP contribution in [-0.2, 0) is 6.18 Å². The fourth-order valence-electron chi connectivity index (χ4n) is 2.49. The maximum Gasteiger partial charge on any atom is 0.417 e. The molecule has 11 heteroatoms. The molecule has 0 fully saturated rings. The molecule has 0 spiro atoms. The maximum atomic E-state index is 12.9. The number of rotatable bonds is 3. The van der Waals surface area contributed by atoms with Crippen LogP contribution in [0.15, 0.2) is 35.6 Å². The molecule has 0 aliphatic rings. The van der Waals surface area contributed by atoms with Crippen molar-refractivity contribution in [3.05, 3.63) is 41.3 Å². The van der Waals surface area contributed by atoms with E-state index in [0.29, 0.717) is 27.0 Å². The van der Waals surface area contributed by atoms with Crippen LogP contribution in [0.4, 0.5) is 13.2 Å². The molecule has 0 aliphatic heterocycles. The van der Waals surface area contributed by atoms with Gasteiger partial charge in [-0.15, -0.1) is 16.9 Å². The summed E-state index contributed by atoms with van der Waals surface area (Å²) in [5, 5.41) is 9.60. The third kappa shape index (κ3) is 2.78. The first-order valence-corrected chi connectivity index (χ1v) is 8.85. The van der Waals surface area contributed by atoms with Gasteiger partial charge in [-0.2, -0.15) is 18.3 Å². The van der Waals surface area contributed by atoms with Gasteiger partial charge in [0.25, 0.3) is 0 Å². The fraction of sp³-hybridized carbons (Fsp3) is 0.200. The zero-order valence-corrected chi connectivity index (χ0v) is 14.8. The Morgan fingerprint density at radius 1 is 1.19 bits per heavy atom. The van der Waals surface area contributed by atoms with Crippen molar-refractivity contribution in [1.29, 1.82) is 0 Å². The van der Waals surface area contributed by atoms with Gasteiger partial charge in [-0.1, -0.05) is 18.5 Å². The molecule has 0 aliphatic carbocycles. The van der Waals surface area contributed by atoms with Crippen molar-refractivity contribution in [2.45, 2.75) is 18.1 Å². The second-order valence-corrected chi connectivity index (χ2v) is 6.91.